The second kappa shape index (κ2) is 10.2. The van der Waals surface area contributed by atoms with Gasteiger partial charge in [0.25, 0.3) is 5.91 Å². The molecule has 0 unspecified atom stereocenters. The van der Waals surface area contributed by atoms with E-state index in [9.17, 15) is 4.79 Å². The van der Waals surface area contributed by atoms with Gasteiger partial charge in [0.1, 0.15) is 38.5 Å². The third kappa shape index (κ3) is 5.81. The molecule has 0 aromatic heterocycles. The van der Waals surface area contributed by atoms with Crippen LogP contribution in [0.1, 0.15) is 25.8 Å². The Labute approximate surface area is 168 Å². The van der Waals surface area contributed by atoms with Crippen molar-refractivity contribution in [2.24, 2.45) is 0 Å². The molecule has 2 aromatic rings. The maximum Gasteiger partial charge on any atom is 0.282 e. The Balaban J connectivity index is 1.46. The molecular weight excluding hydrogens is 350 g/mol. The monoisotopic (exact) mass is 383 g/mol. The average Bonchev–Trinajstić information content (AvgIpc) is 2.74. The minimum atomic E-state index is -0.0304. The largest absolute Gasteiger partial charge is 0.489 e. The fourth-order valence-corrected chi connectivity index (χ4v) is 3.77. The van der Waals surface area contributed by atoms with E-state index in [4.69, 9.17) is 4.74 Å². The second-order valence-electron chi connectivity index (χ2n) is 7.67. The van der Waals surface area contributed by atoms with E-state index in [1.165, 1.54) is 17.9 Å². The number of hydrogen-bond acceptors (Lipinski definition) is 2. The molecule has 1 fully saturated rings. The molecule has 1 aliphatic rings. The van der Waals surface area contributed by atoms with Crippen LogP contribution < -0.4 is 19.9 Å². The van der Waals surface area contributed by atoms with Gasteiger partial charge in [-0.3, -0.25) is 4.79 Å². The van der Waals surface area contributed by atoms with Crippen LogP contribution in [0.4, 0.5) is 5.69 Å². The van der Waals surface area contributed by atoms with E-state index in [0.29, 0.717) is 6.61 Å². The lowest BCUT2D eigenvalue weighted by Crippen LogP contribution is -3.30. The van der Waals surface area contributed by atoms with E-state index < -0.39 is 0 Å². The molecule has 1 atom stereocenters. The van der Waals surface area contributed by atoms with Gasteiger partial charge in [-0.25, -0.2) is 0 Å². The Morgan fingerprint density at radius 3 is 2.36 bits per heavy atom. The molecule has 1 heterocycles. The van der Waals surface area contributed by atoms with Crippen LogP contribution in [0, 0.1) is 0 Å². The van der Waals surface area contributed by atoms with Crippen LogP contribution in [0.3, 0.4) is 0 Å². The summed E-state index contributed by atoms with van der Waals surface area (Å²) >= 11 is 0. The van der Waals surface area contributed by atoms with Gasteiger partial charge in [-0.2, -0.15) is 0 Å². The number of carbonyl (C=O) groups excluding carboxylic acids is 1. The minimum Gasteiger partial charge on any atom is -0.489 e. The lowest BCUT2D eigenvalue weighted by Gasteiger charge is -2.32. The fourth-order valence-electron chi connectivity index (χ4n) is 3.77. The normalized spacial score (nSPS) is 20.4. The molecule has 5 nitrogen and oxygen atoms in total. The van der Waals surface area contributed by atoms with Crippen LogP contribution in [0.5, 0.6) is 5.75 Å². The number of carbonyl (C=O) groups is 1. The molecule has 2 aromatic carbocycles. The zero-order valence-corrected chi connectivity index (χ0v) is 17.0. The van der Waals surface area contributed by atoms with Crippen LogP contribution in [-0.2, 0) is 11.4 Å². The van der Waals surface area contributed by atoms with Gasteiger partial charge in [0.05, 0.1) is 6.54 Å². The first-order valence-corrected chi connectivity index (χ1v) is 10.4. The van der Waals surface area contributed by atoms with E-state index in [2.05, 4.69) is 12.2 Å². The van der Waals surface area contributed by atoms with Crippen molar-refractivity contribution in [1.82, 2.24) is 0 Å². The van der Waals surface area contributed by atoms with Crippen LogP contribution >= 0.6 is 0 Å². The molecule has 150 valence electrons. The number of rotatable bonds is 8. The lowest BCUT2D eigenvalue weighted by atomic mass is 10.2. The van der Waals surface area contributed by atoms with Gasteiger partial charge in [-0.05, 0) is 43.2 Å². The van der Waals surface area contributed by atoms with Gasteiger partial charge in [0.15, 0.2) is 6.04 Å². The Bertz CT molecular complexity index is 725. The number of nitrogens with one attached hydrogen (secondary N) is 3. The molecule has 28 heavy (non-hydrogen) atoms. The molecule has 0 spiro atoms. The number of ether oxygens (including phenoxy) is 1. The molecule has 1 saturated heterocycles. The van der Waals surface area contributed by atoms with Gasteiger partial charge < -0.3 is 19.9 Å². The van der Waals surface area contributed by atoms with Gasteiger partial charge in [0.2, 0.25) is 0 Å². The third-order valence-corrected chi connectivity index (χ3v) is 5.58. The van der Waals surface area contributed by atoms with Crippen LogP contribution in [0.15, 0.2) is 54.6 Å². The molecule has 3 N–H and O–H groups in total. The first-order valence-electron chi connectivity index (χ1n) is 10.4. The highest BCUT2D eigenvalue weighted by Gasteiger charge is 2.30. The SMILES string of the molecule is CCC[NH+]1CC[NH+]([C@@H](C)C(=O)Nc2ccc(OCc3ccccc3)cc2)CC1. The van der Waals surface area contributed by atoms with Crippen molar-refractivity contribution < 1.29 is 19.3 Å². The number of amides is 1. The van der Waals surface area contributed by atoms with Crippen molar-refractivity contribution in [3.05, 3.63) is 60.2 Å². The molecule has 5 heteroatoms. The zero-order valence-electron chi connectivity index (χ0n) is 17.0. The maximum atomic E-state index is 12.6. The van der Waals surface area contributed by atoms with Crippen LogP contribution in [0.2, 0.25) is 0 Å². The summed E-state index contributed by atoms with van der Waals surface area (Å²) in [7, 11) is 0. The van der Waals surface area contributed by atoms with E-state index >= 15 is 0 Å². The molecule has 3 rings (SSSR count). The quantitative estimate of drug-likeness (QED) is 0.631. The number of hydrogen-bond donors (Lipinski definition) is 3. The highest BCUT2D eigenvalue weighted by Crippen LogP contribution is 2.17. The molecule has 0 bridgehead atoms. The number of piperazine rings is 1. The summed E-state index contributed by atoms with van der Waals surface area (Å²) in [5.74, 6) is 0.891. The predicted octanol–water partition coefficient (Wildman–Crippen LogP) is 0.786. The molecule has 0 aliphatic carbocycles. The van der Waals surface area contributed by atoms with Crippen molar-refractivity contribution >= 4 is 11.6 Å². The Morgan fingerprint density at radius 2 is 1.71 bits per heavy atom. The number of benzene rings is 2. The standard InChI is InChI=1S/C23H31N3O2/c1-3-13-25-14-16-26(17-15-25)19(2)23(27)24-21-9-11-22(12-10-21)28-18-20-7-5-4-6-8-20/h4-12,19H,3,13-18H2,1-2H3,(H,24,27)/p+2/t19-/m0/s1. The summed E-state index contributed by atoms with van der Waals surface area (Å²) in [4.78, 5) is 15.7. The number of quaternary nitrogens is 2. The summed E-state index contributed by atoms with van der Waals surface area (Å²) in [6.45, 7) is 10.5. The van der Waals surface area contributed by atoms with Crippen LogP contribution in [0.25, 0.3) is 0 Å². The summed E-state index contributed by atoms with van der Waals surface area (Å²) in [6, 6.07) is 17.7. The summed E-state index contributed by atoms with van der Waals surface area (Å²) in [5, 5.41) is 3.05. The molecule has 1 aliphatic heterocycles. The first kappa shape index (κ1) is 20.4. The van der Waals surface area contributed by atoms with Crippen molar-refractivity contribution in [1.29, 1.82) is 0 Å². The summed E-state index contributed by atoms with van der Waals surface area (Å²) < 4.78 is 5.81. The molecule has 1 amide bonds. The highest BCUT2D eigenvalue weighted by molar-refractivity contribution is 5.93. The Morgan fingerprint density at radius 1 is 1.04 bits per heavy atom. The minimum absolute atomic E-state index is 0.0304. The van der Waals surface area contributed by atoms with E-state index in [0.717, 1.165) is 43.2 Å². The first-order chi connectivity index (χ1) is 13.7. The van der Waals surface area contributed by atoms with Crippen LogP contribution in [-0.4, -0.2) is 44.7 Å². The molecular formula is C23H33N3O2+2. The van der Waals surface area contributed by atoms with Crippen molar-refractivity contribution in [3.63, 3.8) is 0 Å². The Kier molecular flexibility index (Phi) is 7.46. The van der Waals surface area contributed by atoms with Gasteiger partial charge in [-0.1, -0.05) is 37.3 Å². The van der Waals surface area contributed by atoms with E-state index in [-0.39, 0.29) is 11.9 Å². The fraction of sp³-hybridized carbons (Fsp3) is 0.435. The van der Waals surface area contributed by atoms with Gasteiger partial charge in [0, 0.05) is 5.69 Å². The summed E-state index contributed by atoms with van der Waals surface area (Å²) in [5.41, 5.74) is 1.95. The van der Waals surface area contributed by atoms with Gasteiger partial charge in [-0.15, -0.1) is 0 Å². The van der Waals surface area contributed by atoms with Crippen molar-refractivity contribution in [2.75, 3.05) is 38.0 Å². The molecule has 0 radical (unpaired) electrons. The zero-order chi connectivity index (χ0) is 19.8. The number of anilines is 1. The van der Waals surface area contributed by atoms with Crippen molar-refractivity contribution in [2.45, 2.75) is 32.9 Å². The van der Waals surface area contributed by atoms with E-state index in [1.54, 1.807) is 4.90 Å². The molecule has 0 saturated carbocycles. The van der Waals surface area contributed by atoms with E-state index in [1.807, 2.05) is 61.5 Å². The summed E-state index contributed by atoms with van der Waals surface area (Å²) in [6.07, 6.45) is 1.23. The third-order valence-electron chi connectivity index (χ3n) is 5.58. The maximum absolute atomic E-state index is 12.6. The predicted molar refractivity (Wildman–Crippen MR) is 112 cm³/mol. The second-order valence-corrected chi connectivity index (χ2v) is 7.67. The lowest BCUT2D eigenvalue weighted by molar-refractivity contribution is -1.02. The highest BCUT2D eigenvalue weighted by atomic mass is 16.5. The van der Waals surface area contributed by atoms with Crippen molar-refractivity contribution in [3.8, 4) is 5.75 Å². The smallest absolute Gasteiger partial charge is 0.282 e. The Hall–Kier alpha value is -2.37. The average molecular weight is 384 g/mol. The van der Waals surface area contributed by atoms with Gasteiger partial charge >= 0.3 is 0 Å². The topological polar surface area (TPSA) is 47.2 Å².